The van der Waals surface area contributed by atoms with Crippen molar-refractivity contribution in [1.29, 1.82) is 0 Å². The molecule has 0 aromatic heterocycles. The Morgan fingerprint density at radius 1 is 1.07 bits per heavy atom. The van der Waals surface area contributed by atoms with Gasteiger partial charge in [-0.15, -0.1) is 0 Å². The smallest absolute Gasteiger partial charge is 0.200 e. The van der Waals surface area contributed by atoms with Crippen molar-refractivity contribution in [2.45, 2.75) is 32.6 Å². The number of nitrogens with two attached hydrogens (primary N) is 1. The molecule has 4 rings (SSSR count). The Kier molecular flexibility index (Phi) is 5.20. The molecule has 0 saturated carbocycles. The monoisotopic (exact) mass is 373 g/mol. The predicted octanol–water partition coefficient (Wildman–Crippen LogP) is 5.20. The van der Waals surface area contributed by atoms with Gasteiger partial charge < -0.3 is 15.4 Å². The molecule has 0 spiro atoms. The molecule has 0 saturated heterocycles. The van der Waals surface area contributed by atoms with Gasteiger partial charge in [0.05, 0.1) is 12.3 Å². The molecule has 144 valence electrons. The zero-order valence-electron chi connectivity index (χ0n) is 16.6. The SMILES string of the molecule is CCCCOc1ccc(N(C)C(N)=Nc2ccc3cccc4c3c2CC4)cc1. The van der Waals surface area contributed by atoms with Crippen LogP contribution in [0.1, 0.15) is 30.9 Å². The summed E-state index contributed by atoms with van der Waals surface area (Å²) < 4.78 is 5.73. The first-order valence-corrected chi connectivity index (χ1v) is 10.0. The van der Waals surface area contributed by atoms with Gasteiger partial charge in [-0.3, -0.25) is 0 Å². The second-order valence-corrected chi connectivity index (χ2v) is 7.30. The number of anilines is 1. The molecule has 3 aromatic carbocycles. The van der Waals surface area contributed by atoms with Crippen molar-refractivity contribution in [3.8, 4) is 5.75 Å². The minimum Gasteiger partial charge on any atom is -0.494 e. The van der Waals surface area contributed by atoms with Crippen molar-refractivity contribution >= 4 is 28.1 Å². The van der Waals surface area contributed by atoms with Crippen LogP contribution in [-0.4, -0.2) is 19.6 Å². The van der Waals surface area contributed by atoms with Gasteiger partial charge in [0.25, 0.3) is 0 Å². The van der Waals surface area contributed by atoms with Crippen LogP contribution in [0.3, 0.4) is 0 Å². The molecule has 0 unspecified atom stereocenters. The first-order valence-electron chi connectivity index (χ1n) is 10.0. The molecule has 3 aromatic rings. The summed E-state index contributed by atoms with van der Waals surface area (Å²) in [7, 11) is 1.94. The van der Waals surface area contributed by atoms with Crippen LogP contribution in [0.2, 0.25) is 0 Å². The van der Waals surface area contributed by atoms with Gasteiger partial charge in [0.1, 0.15) is 5.75 Å². The van der Waals surface area contributed by atoms with Crippen molar-refractivity contribution in [1.82, 2.24) is 0 Å². The molecule has 2 N–H and O–H groups in total. The lowest BCUT2D eigenvalue weighted by Gasteiger charge is -2.19. The molecule has 0 radical (unpaired) electrons. The lowest BCUT2D eigenvalue weighted by Crippen LogP contribution is -2.33. The molecule has 4 heteroatoms. The number of ether oxygens (including phenoxy) is 1. The number of aryl methyl sites for hydroxylation is 2. The van der Waals surface area contributed by atoms with Gasteiger partial charge in [-0.2, -0.15) is 0 Å². The highest BCUT2D eigenvalue weighted by Gasteiger charge is 2.17. The van der Waals surface area contributed by atoms with Gasteiger partial charge in [-0.05, 0) is 71.5 Å². The summed E-state index contributed by atoms with van der Waals surface area (Å²) in [4.78, 5) is 6.67. The van der Waals surface area contributed by atoms with Gasteiger partial charge >= 0.3 is 0 Å². The van der Waals surface area contributed by atoms with E-state index in [1.807, 2.05) is 36.2 Å². The fraction of sp³-hybridized carbons (Fsp3) is 0.292. The van der Waals surface area contributed by atoms with Crippen LogP contribution in [0.15, 0.2) is 59.6 Å². The molecule has 1 aliphatic rings. The van der Waals surface area contributed by atoms with Crippen LogP contribution >= 0.6 is 0 Å². The highest BCUT2D eigenvalue weighted by molar-refractivity contribution is 5.99. The van der Waals surface area contributed by atoms with E-state index in [1.54, 1.807) is 0 Å². The summed E-state index contributed by atoms with van der Waals surface area (Å²) >= 11 is 0. The Balaban J connectivity index is 1.55. The molecule has 0 aliphatic heterocycles. The summed E-state index contributed by atoms with van der Waals surface area (Å²) in [6.07, 6.45) is 4.30. The number of guanidine groups is 1. The number of hydrogen-bond acceptors (Lipinski definition) is 2. The number of rotatable bonds is 6. The number of benzene rings is 3. The predicted molar refractivity (Wildman–Crippen MR) is 118 cm³/mol. The van der Waals surface area contributed by atoms with Crippen molar-refractivity contribution in [2.75, 3.05) is 18.6 Å². The number of nitrogens with zero attached hydrogens (tertiary/aromatic N) is 2. The third-order valence-electron chi connectivity index (χ3n) is 5.43. The number of aliphatic imine (C=N–C) groups is 1. The Hall–Kier alpha value is -3.01. The Labute approximate surface area is 166 Å². The van der Waals surface area contributed by atoms with Gasteiger partial charge in [-0.1, -0.05) is 37.6 Å². The largest absolute Gasteiger partial charge is 0.494 e. The van der Waals surface area contributed by atoms with Gasteiger partial charge in [0.2, 0.25) is 5.96 Å². The Morgan fingerprint density at radius 3 is 2.68 bits per heavy atom. The summed E-state index contributed by atoms with van der Waals surface area (Å²) in [6.45, 7) is 2.91. The fourth-order valence-corrected chi connectivity index (χ4v) is 3.78. The van der Waals surface area contributed by atoms with Crippen LogP contribution in [0.25, 0.3) is 10.8 Å². The first-order chi connectivity index (χ1) is 13.7. The van der Waals surface area contributed by atoms with E-state index < -0.39 is 0 Å². The average Bonchev–Trinajstić information content (AvgIpc) is 3.16. The van der Waals surface area contributed by atoms with E-state index in [9.17, 15) is 0 Å². The second-order valence-electron chi connectivity index (χ2n) is 7.30. The molecular formula is C24H27N3O. The van der Waals surface area contributed by atoms with Crippen LogP contribution < -0.4 is 15.4 Å². The minimum absolute atomic E-state index is 0.486. The fourth-order valence-electron chi connectivity index (χ4n) is 3.78. The molecule has 0 heterocycles. The van der Waals surface area contributed by atoms with Crippen molar-refractivity contribution in [2.24, 2.45) is 10.7 Å². The van der Waals surface area contributed by atoms with Gasteiger partial charge in [0, 0.05) is 12.7 Å². The zero-order chi connectivity index (χ0) is 19.5. The molecule has 0 bridgehead atoms. The summed E-state index contributed by atoms with van der Waals surface area (Å²) in [5, 5.41) is 2.64. The van der Waals surface area contributed by atoms with E-state index in [-0.39, 0.29) is 0 Å². The summed E-state index contributed by atoms with van der Waals surface area (Å²) in [5.74, 6) is 1.37. The van der Waals surface area contributed by atoms with Crippen LogP contribution in [0.4, 0.5) is 11.4 Å². The third-order valence-corrected chi connectivity index (χ3v) is 5.43. The number of hydrogen-bond donors (Lipinski definition) is 1. The maximum Gasteiger partial charge on any atom is 0.200 e. The second kappa shape index (κ2) is 7.93. The van der Waals surface area contributed by atoms with E-state index in [4.69, 9.17) is 15.5 Å². The van der Waals surface area contributed by atoms with Crippen molar-refractivity contribution in [3.05, 3.63) is 65.7 Å². The van der Waals surface area contributed by atoms with Crippen LogP contribution in [-0.2, 0) is 12.8 Å². The standard InChI is InChI=1S/C24H27N3O/c1-3-4-16-28-20-12-10-19(11-13-20)27(2)24(25)26-22-15-9-18-7-5-6-17-8-14-21(22)23(17)18/h5-7,9-13,15H,3-4,8,14,16H2,1-2H3,(H2,25,26). The molecule has 28 heavy (non-hydrogen) atoms. The third kappa shape index (κ3) is 3.55. The van der Waals surface area contributed by atoms with Crippen molar-refractivity contribution < 1.29 is 4.74 Å². The lowest BCUT2D eigenvalue weighted by molar-refractivity contribution is 0.309. The minimum atomic E-state index is 0.486. The Bertz CT molecular complexity index is 1010. The van der Waals surface area contributed by atoms with Crippen LogP contribution in [0.5, 0.6) is 5.75 Å². The zero-order valence-corrected chi connectivity index (χ0v) is 16.6. The van der Waals surface area contributed by atoms with E-state index >= 15 is 0 Å². The van der Waals surface area contributed by atoms with E-state index in [2.05, 4.69) is 37.3 Å². The quantitative estimate of drug-likeness (QED) is 0.367. The molecule has 0 amide bonds. The van der Waals surface area contributed by atoms with E-state index in [1.165, 1.54) is 21.9 Å². The highest BCUT2D eigenvalue weighted by Crippen LogP contribution is 2.37. The molecule has 4 nitrogen and oxygen atoms in total. The maximum atomic E-state index is 6.35. The summed E-state index contributed by atoms with van der Waals surface area (Å²) in [6, 6.07) is 18.7. The maximum absolute atomic E-state index is 6.35. The van der Waals surface area contributed by atoms with E-state index in [0.29, 0.717) is 5.96 Å². The van der Waals surface area contributed by atoms with Gasteiger partial charge in [-0.25, -0.2) is 4.99 Å². The highest BCUT2D eigenvalue weighted by atomic mass is 16.5. The van der Waals surface area contributed by atoms with Crippen molar-refractivity contribution in [3.63, 3.8) is 0 Å². The topological polar surface area (TPSA) is 50.9 Å². The lowest BCUT2D eigenvalue weighted by atomic mass is 10.0. The Morgan fingerprint density at radius 2 is 1.89 bits per heavy atom. The van der Waals surface area contributed by atoms with Crippen LogP contribution in [0, 0.1) is 0 Å². The first kappa shape index (κ1) is 18.4. The average molecular weight is 374 g/mol. The summed E-state index contributed by atoms with van der Waals surface area (Å²) in [5.41, 5.74) is 11.0. The molecule has 0 atom stereocenters. The number of unbranched alkanes of at least 4 members (excludes halogenated alkanes) is 1. The molecule has 0 fully saturated rings. The molecule has 1 aliphatic carbocycles. The van der Waals surface area contributed by atoms with Gasteiger partial charge in [0.15, 0.2) is 0 Å². The molecular weight excluding hydrogens is 346 g/mol. The van der Waals surface area contributed by atoms with E-state index in [0.717, 1.165) is 49.4 Å². The normalized spacial score (nSPS) is 13.1.